The number of amidine groups is 1. The van der Waals surface area contributed by atoms with Gasteiger partial charge in [0, 0.05) is 6.54 Å². The van der Waals surface area contributed by atoms with Gasteiger partial charge in [0.1, 0.15) is 29.8 Å². The van der Waals surface area contributed by atoms with E-state index in [-0.39, 0.29) is 11.3 Å². The van der Waals surface area contributed by atoms with Crippen molar-refractivity contribution < 1.29 is 45.3 Å². The number of aliphatic hydroxyl groups excluding tert-OH is 1. The third kappa shape index (κ3) is 7.44. The highest BCUT2D eigenvalue weighted by atomic mass is 35.5. The van der Waals surface area contributed by atoms with Gasteiger partial charge < -0.3 is 14.6 Å². The Hall–Kier alpha value is -3.10. The molecule has 0 bridgehead atoms. The quantitative estimate of drug-likeness (QED) is 0.393. The summed E-state index contributed by atoms with van der Waals surface area (Å²) < 4.78 is 100. The van der Waals surface area contributed by atoms with Crippen LogP contribution in [0.3, 0.4) is 0 Å². The van der Waals surface area contributed by atoms with E-state index in [2.05, 4.69) is 20.0 Å². The smallest absolute Gasteiger partial charge is 0.450 e. The van der Waals surface area contributed by atoms with Crippen molar-refractivity contribution in [3.63, 3.8) is 0 Å². The van der Waals surface area contributed by atoms with Crippen LogP contribution >= 0.6 is 11.6 Å². The second kappa shape index (κ2) is 10.7. The van der Waals surface area contributed by atoms with Gasteiger partial charge in [0.05, 0.1) is 0 Å². The summed E-state index contributed by atoms with van der Waals surface area (Å²) in [5.41, 5.74) is 0.0932. The fraction of sp³-hybridized carbons (Fsp3) is 0.300. The summed E-state index contributed by atoms with van der Waals surface area (Å²) in [6, 6.07) is 8.95. The average Bonchev–Trinajstić information content (AvgIpc) is 2.75. The normalized spacial score (nSPS) is 18.1. The first-order valence-corrected chi connectivity index (χ1v) is 9.99. The summed E-state index contributed by atoms with van der Waals surface area (Å²) >= 11 is 6.02. The molecule has 0 saturated heterocycles. The molecule has 190 valence electrons. The molecule has 15 heteroatoms. The SMILES string of the molecule is OC(C(NCc1cccc(OC(F)(F)F)c1)N1C(Cl)=NC=NC1Oc1ccc(F)cc1)C(F)(F)F. The van der Waals surface area contributed by atoms with Crippen molar-refractivity contribution in [1.82, 2.24) is 10.2 Å². The number of aliphatic imine (C=N–C) groups is 2. The molecule has 3 rings (SSSR count). The summed E-state index contributed by atoms with van der Waals surface area (Å²) in [4.78, 5) is 8.13. The molecule has 35 heavy (non-hydrogen) atoms. The molecule has 7 nitrogen and oxygen atoms in total. The van der Waals surface area contributed by atoms with Gasteiger partial charge in [-0.05, 0) is 53.6 Å². The number of rotatable bonds is 8. The van der Waals surface area contributed by atoms with Crippen molar-refractivity contribution in [3.05, 3.63) is 59.9 Å². The maximum Gasteiger partial charge on any atom is 0.573 e. The monoisotopic (exact) mass is 528 g/mol. The van der Waals surface area contributed by atoms with Crippen LogP contribution in [0, 0.1) is 5.82 Å². The molecule has 0 aromatic heterocycles. The number of aliphatic hydroxyl groups is 1. The summed E-state index contributed by atoms with van der Waals surface area (Å²) in [5.74, 6) is -1.17. The van der Waals surface area contributed by atoms with Gasteiger partial charge in [0.25, 0.3) is 6.35 Å². The Morgan fingerprint density at radius 2 is 1.74 bits per heavy atom. The number of hydrogen-bond donors (Lipinski definition) is 2. The lowest BCUT2D eigenvalue weighted by molar-refractivity contribution is -0.274. The van der Waals surface area contributed by atoms with Crippen molar-refractivity contribution in [2.24, 2.45) is 9.98 Å². The minimum atomic E-state index is -5.16. The molecule has 0 amide bonds. The van der Waals surface area contributed by atoms with Crippen LogP contribution in [0.2, 0.25) is 0 Å². The molecule has 2 N–H and O–H groups in total. The van der Waals surface area contributed by atoms with Gasteiger partial charge in [-0.15, -0.1) is 13.2 Å². The zero-order valence-corrected chi connectivity index (χ0v) is 18.0. The molecule has 0 spiro atoms. The first-order chi connectivity index (χ1) is 16.3. The van der Waals surface area contributed by atoms with E-state index in [4.69, 9.17) is 16.3 Å². The molecule has 3 unspecified atom stereocenters. The van der Waals surface area contributed by atoms with Gasteiger partial charge in [-0.1, -0.05) is 12.1 Å². The lowest BCUT2D eigenvalue weighted by Gasteiger charge is -2.39. The molecule has 1 aliphatic rings. The molecular weight excluding hydrogens is 513 g/mol. The maximum atomic E-state index is 13.5. The van der Waals surface area contributed by atoms with E-state index in [1.165, 1.54) is 24.3 Å². The molecule has 0 aliphatic carbocycles. The summed E-state index contributed by atoms with van der Waals surface area (Å²) in [7, 11) is 0. The standard InChI is InChI=1S/C20H16ClF7N4O3/c21-17-30-10-31-18(34-13-6-4-12(22)5-7-13)32(17)16(15(33)19(23,24)25)29-9-11-2-1-3-14(8-11)35-20(26,27)28/h1-8,10,15-16,18,29,33H,9H2. The Labute approximate surface area is 198 Å². The van der Waals surface area contributed by atoms with Crippen molar-refractivity contribution in [3.8, 4) is 11.5 Å². The number of nitrogens with zero attached hydrogens (tertiary/aromatic N) is 3. The summed E-state index contributed by atoms with van der Waals surface area (Å²) in [5, 5.41) is 11.9. The number of hydrogen-bond acceptors (Lipinski definition) is 7. The van der Waals surface area contributed by atoms with Crippen molar-refractivity contribution in [2.75, 3.05) is 0 Å². The van der Waals surface area contributed by atoms with Crippen LogP contribution in [0.4, 0.5) is 30.7 Å². The minimum absolute atomic E-state index is 0.0159. The Morgan fingerprint density at radius 1 is 1.06 bits per heavy atom. The van der Waals surface area contributed by atoms with Crippen LogP contribution in [0.1, 0.15) is 5.56 Å². The predicted octanol–water partition coefficient (Wildman–Crippen LogP) is 4.36. The first kappa shape index (κ1) is 26.5. The topological polar surface area (TPSA) is 78.7 Å². The second-order valence-electron chi connectivity index (χ2n) is 6.98. The van der Waals surface area contributed by atoms with E-state index in [1.54, 1.807) is 0 Å². The molecule has 2 aromatic carbocycles. The van der Waals surface area contributed by atoms with Gasteiger partial charge in [-0.2, -0.15) is 13.2 Å². The molecule has 3 atom stereocenters. The number of benzene rings is 2. The van der Waals surface area contributed by atoms with Crippen LogP contribution in [-0.2, 0) is 6.54 Å². The lowest BCUT2D eigenvalue weighted by atomic mass is 10.2. The van der Waals surface area contributed by atoms with E-state index < -0.39 is 54.6 Å². The van der Waals surface area contributed by atoms with Gasteiger partial charge in [0.15, 0.2) is 6.10 Å². The number of alkyl halides is 6. The molecule has 1 aliphatic heterocycles. The van der Waals surface area contributed by atoms with Crippen molar-refractivity contribution >= 4 is 23.2 Å². The Balaban J connectivity index is 1.86. The molecule has 2 aromatic rings. The maximum absolute atomic E-state index is 13.5. The van der Waals surface area contributed by atoms with Crippen LogP contribution in [-0.4, -0.2) is 52.8 Å². The van der Waals surface area contributed by atoms with E-state index in [9.17, 15) is 35.8 Å². The third-order valence-corrected chi connectivity index (χ3v) is 4.74. The molecule has 0 saturated carbocycles. The molecule has 0 fully saturated rings. The van der Waals surface area contributed by atoms with E-state index in [0.717, 1.165) is 30.6 Å². The van der Waals surface area contributed by atoms with Crippen molar-refractivity contribution in [1.29, 1.82) is 0 Å². The van der Waals surface area contributed by atoms with Crippen LogP contribution in [0.5, 0.6) is 11.5 Å². The summed E-state index contributed by atoms with van der Waals surface area (Å²) in [6.07, 6.45) is -15.9. The van der Waals surface area contributed by atoms with Crippen LogP contribution < -0.4 is 14.8 Å². The fourth-order valence-electron chi connectivity index (χ4n) is 2.96. The zero-order chi connectivity index (χ0) is 25.8. The van der Waals surface area contributed by atoms with Gasteiger partial charge in [-0.3, -0.25) is 10.2 Å². The van der Waals surface area contributed by atoms with E-state index >= 15 is 0 Å². The van der Waals surface area contributed by atoms with Crippen LogP contribution in [0.25, 0.3) is 0 Å². The summed E-state index contributed by atoms with van der Waals surface area (Å²) in [6.45, 7) is -0.458. The number of nitrogens with one attached hydrogen (secondary N) is 1. The minimum Gasteiger partial charge on any atom is -0.450 e. The Kier molecular flexibility index (Phi) is 8.07. The molecular formula is C20H16ClF7N4O3. The first-order valence-electron chi connectivity index (χ1n) is 9.62. The molecule has 1 heterocycles. The number of halogens is 8. The van der Waals surface area contributed by atoms with E-state index in [1.807, 2.05) is 0 Å². The van der Waals surface area contributed by atoms with Crippen molar-refractivity contribution in [2.45, 2.75) is 37.7 Å². The van der Waals surface area contributed by atoms with E-state index in [0.29, 0.717) is 4.90 Å². The highest BCUT2D eigenvalue weighted by molar-refractivity contribution is 6.65. The molecule has 0 radical (unpaired) electrons. The average molecular weight is 529 g/mol. The Bertz CT molecular complexity index is 1060. The Morgan fingerprint density at radius 3 is 2.37 bits per heavy atom. The predicted molar refractivity (Wildman–Crippen MR) is 110 cm³/mol. The van der Waals surface area contributed by atoms with Crippen LogP contribution in [0.15, 0.2) is 58.5 Å². The second-order valence-corrected chi connectivity index (χ2v) is 7.31. The lowest BCUT2D eigenvalue weighted by Crippen LogP contribution is -2.62. The van der Waals surface area contributed by atoms with Gasteiger partial charge >= 0.3 is 12.5 Å². The van der Waals surface area contributed by atoms with Gasteiger partial charge in [-0.25, -0.2) is 14.4 Å². The largest absolute Gasteiger partial charge is 0.573 e. The fourth-order valence-corrected chi connectivity index (χ4v) is 3.19. The highest BCUT2D eigenvalue weighted by Gasteiger charge is 2.48. The number of ether oxygens (including phenoxy) is 2. The highest BCUT2D eigenvalue weighted by Crippen LogP contribution is 2.29. The van der Waals surface area contributed by atoms with Gasteiger partial charge in [0.2, 0.25) is 5.29 Å². The zero-order valence-electron chi connectivity index (χ0n) is 17.3. The third-order valence-electron chi connectivity index (χ3n) is 4.45.